The summed E-state index contributed by atoms with van der Waals surface area (Å²) in [6, 6.07) is 18.5. The molecule has 0 aliphatic carbocycles. The van der Waals surface area contributed by atoms with E-state index in [-0.39, 0.29) is 11.8 Å². The highest BCUT2D eigenvalue weighted by Gasteiger charge is 2.23. The molecule has 1 aliphatic heterocycles. The van der Waals surface area contributed by atoms with E-state index < -0.39 is 0 Å². The van der Waals surface area contributed by atoms with Gasteiger partial charge in [0.1, 0.15) is 6.29 Å². The van der Waals surface area contributed by atoms with Crippen molar-refractivity contribution in [1.82, 2.24) is 0 Å². The molecule has 2 aromatic rings. The van der Waals surface area contributed by atoms with E-state index in [0.29, 0.717) is 13.0 Å². The molecule has 2 atom stereocenters. The predicted octanol–water partition coefficient (Wildman–Crippen LogP) is 3.44. The van der Waals surface area contributed by atoms with Gasteiger partial charge in [0.15, 0.2) is 0 Å². The highest BCUT2D eigenvalue weighted by molar-refractivity contribution is 5.63. The van der Waals surface area contributed by atoms with E-state index in [1.165, 1.54) is 0 Å². The van der Waals surface area contributed by atoms with E-state index in [1.54, 1.807) is 0 Å². The first-order valence-corrected chi connectivity index (χ1v) is 7.09. The fourth-order valence-electron chi connectivity index (χ4n) is 2.93. The molecule has 1 aliphatic rings. The molecule has 3 nitrogen and oxygen atoms in total. The number of carbonyl (C=O) groups excluding carboxylic acids is 1. The molecule has 0 aromatic heterocycles. The van der Waals surface area contributed by atoms with Crippen molar-refractivity contribution in [3.05, 3.63) is 65.2 Å². The number of anilines is 1. The Kier molecular flexibility index (Phi) is 3.70. The number of benzene rings is 2. The monoisotopic (exact) mass is 276 g/mol. The topological polar surface area (TPSA) is 52.9 Å². The highest BCUT2D eigenvalue weighted by atomic mass is 16.1. The van der Waals surface area contributed by atoms with Crippen molar-refractivity contribution in [3.8, 4) is 6.07 Å². The number of nitrogens with zero attached hydrogens (tertiary/aromatic N) is 1. The quantitative estimate of drug-likeness (QED) is 0.870. The van der Waals surface area contributed by atoms with Crippen molar-refractivity contribution in [2.45, 2.75) is 18.3 Å². The Bertz CT molecular complexity index is 688. The molecule has 2 aromatic carbocycles. The average molecular weight is 276 g/mol. The minimum Gasteiger partial charge on any atom is -0.383 e. The largest absolute Gasteiger partial charge is 0.383 e. The van der Waals surface area contributed by atoms with Gasteiger partial charge in [-0.25, -0.2) is 0 Å². The van der Waals surface area contributed by atoms with Crippen LogP contribution in [0.25, 0.3) is 0 Å². The third kappa shape index (κ3) is 2.53. The van der Waals surface area contributed by atoms with E-state index in [0.717, 1.165) is 28.7 Å². The molecule has 1 heterocycles. The van der Waals surface area contributed by atoms with Gasteiger partial charge in [0.05, 0.1) is 12.0 Å². The molecular weight excluding hydrogens is 260 g/mol. The maximum Gasteiger partial charge on any atom is 0.120 e. The van der Waals surface area contributed by atoms with Crippen LogP contribution in [0.2, 0.25) is 0 Å². The van der Waals surface area contributed by atoms with E-state index in [2.05, 4.69) is 17.5 Å². The summed E-state index contributed by atoms with van der Waals surface area (Å²) in [5, 5.41) is 12.4. The first kappa shape index (κ1) is 13.4. The summed E-state index contributed by atoms with van der Waals surface area (Å²) >= 11 is 0. The molecule has 0 spiro atoms. The SMILES string of the molecule is N#CC1CNc2cc(C(CC=O)c3ccccc3)ccc21. The standard InChI is InChI=1S/C18H16N2O/c19-11-15-12-20-18-10-14(6-7-17(15)18)16(8-9-21)13-4-2-1-3-5-13/h1-7,9-10,15-16,20H,8,12H2. The number of nitrogens with one attached hydrogen (secondary N) is 1. The zero-order valence-corrected chi connectivity index (χ0v) is 11.6. The number of nitriles is 1. The van der Waals surface area contributed by atoms with Crippen molar-refractivity contribution >= 4 is 12.0 Å². The van der Waals surface area contributed by atoms with Crippen molar-refractivity contribution in [3.63, 3.8) is 0 Å². The second-order valence-corrected chi connectivity index (χ2v) is 5.27. The number of carbonyl (C=O) groups is 1. The minimum absolute atomic E-state index is 0.0666. The Hall–Kier alpha value is -2.60. The van der Waals surface area contributed by atoms with Gasteiger partial charge in [-0.2, -0.15) is 5.26 Å². The van der Waals surface area contributed by atoms with Gasteiger partial charge in [-0.05, 0) is 22.8 Å². The lowest BCUT2D eigenvalue weighted by atomic mass is 9.87. The number of aldehydes is 1. The smallest absolute Gasteiger partial charge is 0.120 e. The van der Waals surface area contributed by atoms with Gasteiger partial charge < -0.3 is 10.1 Å². The van der Waals surface area contributed by atoms with Gasteiger partial charge in [0, 0.05) is 24.6 Å². The Labute approximate surface area is 124 Å². The summed E-state index contributed by atoms with van der Waals surface area (Å²) < 4.78 is 0. The Balaban J connectivity index is 1.98. The van der Waals surface area contributed by atoms with E-state index in [9.17, 15) is 4.79 Å². The van der Waals surface area contributed by atoms with Crippen molar-refractivity contribution in [2.24, 2.45) is 0 Å². The lowest BCUT2D eigenvalue weighted by Gasteiger charge is -2.16. The van der Waals surface area contributed by atoms with Gasteiger partial charge >= 0.3 is 0 Å². The molecule has 0 saturated heterocycles. The van der Waals surface area contributed by atoms with Gasteiger partial charge in [0.2, 0.25) is 0 Å². The first-order chi connectivity index (χ1) is 10.3. The van der Waals surface area contributed by atoms with E-state index in [1.807, 2.05) is 42.5 Å². The van der Waals surface area contributed by atoms with Crippen LogP contribution in [0.1, 0.15) is 34.9 Å². The molecule has 2 unspecified atom stereocenters. The molecule has 3 rings (SSSR count). The Morgan fingerprint density at radius 3 is 2.76 bits per heavy atom. The molecule has 21 heavy (non-hydrogen) atoms. The second kappa shape index (κ2) is 5.80. The molecule has 0 amide bonds. The number of rotatable bonds is 4. The van der Waals surface area contributed by atoms with Crippen LogP contribution in [0, 0.1) is 11.3 Å². The maximum absolute atomic E-state index is 11.0. The molecule has 1 N–H and O–H groups in total. The normalized spacial score (nSPS) is 17.4. The van der Waals surface area contributed by atoms with Crippen LogP contribution < -0.4 is 5.32 Å². The lowest BCUT2D eigenvalue weighted by Crippen LogP contribution is -2.02. The van der Waals surface area contributed by atoms with Crippen LogP contribution in [0.15, 0.2) is 48.5 Å². The minimum atomic E-state index is -0.0738. The lowest BCUT2D eigenvalue weighted by molar-refractivity contribution is -0.108. The molecular formula is C18H16N2O. The predicted molar refractivity (Wildman–Crippen MR) is 82.3 cm³/mol. The zero-order valence-electron chi connectivity index (χ0n) is 11.6. The third-order valence-corrected chi connectivity index (χ3v) is 4.04. The van der Waals surface area contributed by atoms with Crippen molar-refractivity contribution in [2.75, 3.05) is 11.9 Å². The zero-order chi connectivity index (χ0) is 14.7. The number of hydrogen-bond donors (Lipinski definition) is 1. The van der Waals surface area contributed by atoms with Gasteiger partial charge in [0.25, 0.3) is 0 Å². The second-order valence-electron chi connectivity index (χ2n) is 5.27. The third-order valence-electron chi connectivity index (χ3n) is 4.04. The Morgan fingerprint density at radius 2 is 2.05 bits per heavy atom. The summed E-state index contributed by atoms with van der Waals surface area (Å²) in [5.41, 5.74) is 4.32. The van der Waals surface area contributed by atoms with Crippen LogP contribution >= 0.6 is 0 Å². The van der Waals surface area contributed by atoms with Crippen LogP contribution in [0.4, 0.5) is 5.69 Å². The summed E-state index contributed by atoms with van der Waals surface area (Å²) in [6.07, 6.45) is 1.43. The number of fused-ring (bicyclic) bond motifs is 1. The maximum atomic E-state index is 11.0. The molecule has 0 saturated carbocycles. The molecule has 0 bridgehead atoms. The average Bonchev–Trinajstić information content (AvgIpc) is 2.95. The summed E-state index contributed by atoms with van der Waals surface area (Å²) in [6.45, 7) is 0.666. The molecule has 3 heteroatoms. The fourth-order valence-corrected chi connectivity index (χ4v) is 2.93. The van der Waals surface area contributed by atoms with Crippen LogP contribution in [0.3, 0.4) is 0 Å². The van der Waals surface area contributed by atoms with E-state index >= 15 is 0 Å². The van der Waals surface area contributed by atoms with E-state index in [4.69, 9.17) is 5.26 Å². The molecule has 104 valence electrons. The van der Waals surface area contributed by atoms with Crippen LogP contribution in [-0.4, -0.2) is 12.8 Å². The fraction of sp³-hybridized carbons (Fsp3) is 0.222. The number of hydrogen-bond acceptors (Lipinski definition) is 3. The van der Waals surface area contributed by atoms with Crippen LogP contribution in [0.5, 0.6) is 0 Å². The first-order valence-electron chi connectivity index (χ1n) is 7.09. The van der Waals surface area contributed by atoms with Crippen molar-refractivity contribution in [1.29, 1.82) is 5.26 Å². The molecule has 0 fully saturated rings. The summed E-state index contributed by atoms with van der Waals surface area (Å²) in [5.74, 6) is -0.00719. The van der Waals surface area contributed by atoms with Gasteiger partial charge in [-0.3, -0.25) is 0 Å². The molecule has 0 radical (unpaired) electrons. The highest BCUT2D eigenvalue weighted by Crippen LogP contribution is 2.36. The van der Waals surface area contributed by atoms with Gasteiger partial charge in [-0.15, -0.1) is 0 Å². The summed E-state index contributed by atoms with van der Waals surface area (Å²) in [7, 11) is 0. The van der Waals surface area contributed by atoms with Crippen LogP contribution in [-0.2, 0) is 4.79 Å². The summed E-state index contributed by atoms with van der Waals surface area (Å²) in [4.78, 5) is 11.0. The van der Waals surface area contributed by atoms with Gasteiger partial charge in [-0.1, -0.05) is 42.5 Å². The Morgan fingerprint density at radius 1 is 1.24 bits per heavy atom. The van der Waals surface area contributed by atoms with Crippen molar-refractivity contribution < 1.29 is 4.79 Å².